The molecule has 6 heteroatoms. The number of hydrogen-bond acceptors (Lipinski definition) is 5. The molecule has 0 atom stereocenters. The highest BCUT2D eigenvalue weighted by molar-refractivity contribution is 7.99. The Kier molecular flexibility index (Phi) is 4.41. The number of carbonyl (C=O) groups is 2. The van der Waals surface area contributed by atoms with Crippen molar-refractivity contribution in [3.05, 3.63) is 0 Å². The van der Waals surface area contributed by atoms with E-state index in [0.29, 0.717) is 18.1 Å². The Morgan fingerprint density at radius 2 is 2.20 bits per heavy atom. The lowest BCUT2D eigenvalue weighted by atomic mass is 10.3. The molecule has 0 aromatic carbocycles. The molecule has 86 valence electrons. The van der Waals surface area contributed by atoms with Crippen LogP contribution in [0.15, 0.2) is 0 Å². The Bertz CT molecular complexity index is 254. The molecular weight excluding hydrogens is 216 g/mol. The third kappa shape index (κ3) is 4.09. The van der Waals surface area contributed by atoms with Gasteiger partial charge in [-0.25, -0.2) is 0 Å². The summed E-state index contributed by atoms with van der Waals surface area (Å²) in [5.41, 5.74) is 5.08. The van der Waals surface area contributed by atoms with Crippen molar-refractivity contribution in [2.45, 2.75) is 18.4 Å². The lowest BCUT2D eigenvalue weighted by molar-refractivity contribution is -0.137. The first kappa shape index (κ1) is 12.3. The number of nitrogens with two attached hydrogens (primary N) is 1. The standard InChI is InChI=1S/C9H16N2O3S/c1-14-7(12)6-15-5-4-11-8(13)9(10)2-3-9/h2-6,10H2,1H3,(H,11,13). The van der Waals surface area contributed by atoms with Gasteiger partial charge in [0.05, 0.1) is 18.4 Å². The second-order valence-corrected chi connectivity index (χ2v) is 4.65. The molecule has 0 unspecified atom stereocenters. The lowest BCUT2D eigenvalue weighted by Gasteiger charge is -2.09. The fourth-order valence-electron chi connectivity index (χ4n) is 0.989. The number of carbonyl (C=O) groups excluding carboxylic acids is 2. The summed E-state index contributed by atoms with van der Waals surface area (Å²) >= 11 is 1.43. The molecule has 0 aromatic rings. The lowest BCUT2D eigenvalue weighted by Crippen LogP contribution is -2.43. The molecule has 1 saturated carbocycles. The molecule has 0 radical (unpaired) electrons. The fraction of sp³-hybridized carbons (Fsp3) is 0.778. The normalized spacial score (nSPS) is 16.9. The molecule has 1 fully saturated rings. The SMILES string of the molecule is COC(=O)CSCCNC(=O)C1(N)CC1. The molecular formula is C9H16N2O3S. The summed E-state index contributed by atoms with van der Waals surface area (Å²) in [6.07, 6.45) is 1.54. The maximum atomic E-state index is 11.3. The van der Waals surface area contributed by atoms with Gasteiger partial charge >= 0.3 is 5.97 Å². The van der Waals surface area contributed by atoms with E-state index in [2.05, 4.69) is 10.1 Å². The van der Waals surface area contributed by atoms with Crippen molar-refractivity contribution < 1.29 is 14.3 Å². The molecule has 5 nitrogen and oxygen atoms in total. The van der Waals surface area contributed by atoms with Crippen molar-refractivity contribution in [1.29, 1.82) is 0 Å². The number of hydrogen-bond donors (Lipinski definition) is 2. The van der Waals surface area contributed by atoms with Gasteiger partial charge in [0.25, 0.3) is 0 Å². The predicted octanol–water partition coefficient (Wildman–Crippen LogP) is -0.500. The molecule has 1 aliphatic rings. The molecule has 0 spiro atoms. The third-order valence-electron chi connectivity index (χ3n) is 2.22. The van der Waals surface area contributed by atoms with E-state index in [1.54, 1.807) is 0 Å². The van der Waals surface area contributed by atoms with Gasteiger partial charge in [-0.05, 0) is 12.8 Å². The maximum Gasteiger partial charge on any atom is 0.315 e. The van der Waals surface area contributed by atoms with Crippen LogP contribution >= 0.6 is 11.8 Å². The highest BCUT2D eigenvalue weighted by Crippen LogP contribution is 2.31. The summed E-state index contributed by atoms with van der Waals surface area (Å²) in [5.74, 6) is 0.682. The summed E-state index contributed by atoms with van der Waals surface area (Å²) in [5, 5.41) is 2.74. The minimum atomic E-state index is -0.604. The van der Waals surface area contributed by atoms with Gasteiger partial charge < -0.3 is 15.8 Å². The van der Waals surface area contributed by atoms with Gasteiger partial charge in [0, 0.05) is 12.3 Å². The van der Waals surface area contributed by atoms with Crippen LogP contribution in [0.25, 0.3) is 0 Å². The van der Waals surface area contributed by atoms with Crippen LogP contribution in [0.2, 0.25) is 0 Å². The van der Waals surface area contributed by atoms with Crippen LogP contribution in [-0.2, 0) is 14.3 Å². The number of methoxy groups -OCH3 is 1. The molecule has 1 rings (SSSR count). The first-order chi connectivity index (χ1) is 7.08. The zero-order chi connectivity index (χ0) is 11.3. The van der Waals surface area contributed by atoms with E-state index in [9.17, 15) is 9.59 Å². The topological polar surface area (TPSA) is 81.4 Å². The second-order valence-electron chi connectivity index (χ2n) is 3.54. The number of ether oxygens (including phenoxy) is 1. The van der Waals surface area contributed by atoms with Crippen LogP contribution in [0.5, 0.6) is 0 Å². The average molecular weight is 232 g/mol. The van der Waals surface area contributed by atoms with Crippen LogP contribution in [0.3, 0.4) is 0 Å². The quantitative estimate of drug-likeness (QED) is 0.476. The van der Waals surface area contributed by atoms with Crippen LogP contribution < -0.4 is 11.1 Å². The average Bonchev–Trinajstić information content (AvgIpc) is 2.96. The number of thioether (sulfide) groups is 1. The highest BCUT2D eigenvalue weighted by atomic mass is 32.2. The van der Waals surface area contributed by atoms with Crippen molar-refractivity contribution in [2.24, 2.45) is 5.73 Å². The summed E-state index contributed by atoms with van der Waals surface area (Å²) in [6, 6.07) is 0. The molecule has 15 heavy (non-hydrogen) atoms. The minimum Gasteiger partial charge on any atom is -0.468 e. The number of esters is 1. The van der Waals surface area contributed by atoms with Gasteiger partial charge in [0.2, 0.25) is 5.91 Å². The minimum absolute atomic E-state index is 0.0823. The number of nitrogens with one attached hydrogen (secondary N) is 1. The monoisotopic (exact) mass is 232 g/mol. The van der Waals surface area contributed by atoms with E-state index < -0.39 is 5.54 Å². The van der Waals surface area contributed by atoms with Crippen molar-refractivity contribution >= 4 is 23.6 Å². The zero-order valence-corrected chi connectivity index (χ0v) is 9.56. The molecule has 3 N–H and O–H groups in total. The smallest absolute Gasteiger partial charge is 0.315 e. The summed E-state index contributed by atoms with van der Waals surface area (Å²) in [7, 11) is 1.36. The molecule has 1 aliphatic carbocycles. The van der Waals surface area contributed by atoms with Crippen molar-refractivity contribution in [1.82, 2.24) is 5.32 Å². The first-order valence-corrected chi connectivity index (χ1v) is 5.96. The Balaban J connectivity index is 1.97. The van der Waals surface area contributed by atoms with Crippen LogP contribution in [-0.4, -0.2) is 42.6 Å². The molecule has 0 saturated heterocycles. The van der Waals surface area contributed by atoms with Gasteiger partial charge in [0.15, 0.2) is 0 Å². The van der Waals surface area contributed by atoms with Crippen LogP contribution in [0, 0.1) is 0 Å². The Hall–Kier alpha value is -0.750. The number of amides is 1. The van der Waals surface area contributed by atoms with E-state index in [1.807, 2.05) is 0 Å². The summed E-state index contributed by atoms with van der Waals surface area (Å²) < 4.78 is 4.48. The Labute approximate surface area is 93.1 Å². The van der Waals surface area contributed by atoms with E-state index >= 15 is 0 Å². The van der Waals surface area contributed by atoms with Gasteiger partial charge in [-0.3, -0.25) is 9.59 Å². The molecule has 0 aromatic heterocycles. The second kappa shape index (κ2) is 5.37. The maximum absolute atomic E-state index is 11.3. The molecule has 1 amide bonds. The van der Waals surface area contributed by atoms with E-state index in [1.165, 1.54) is 18.9 Å². The molecule has 0 bridgehead atoms. The first-order valence-electron chi connectivity index (χ1n) is 4.80. The van der Waals surface area contributed by atoms with Gasteiger partial charge in [0.1, 0.15) is 0 Å². The number of rotatable bonds is 6. The van der Waals surface area contributed by atoms with E-state index in [0.717, 1.165) is 12.8 Å². The third-order valence-corrected chi connectivity index (χ3v) is 3.15. The van der Waals surface area contributed by atoms with Crippen LogP contribution in [0.1, 0.15) is 12.8 Å². The Morgan fingerprint density at radius 3 is 2.73 bits per heavy atom. The molecule has 0 aliphatic heterocycles. The predicted molar refractivity (Wildman–Crippen MR) is 58.5 cm³/mol. The van der Waals surface area contributed by atoms with Gasteiger partial charge in [-0.15, -0.1) is 11.8 Å². The largest absolute Gasteiger partial charge is 0.468 e. The van der Waals surface area contributed by atoms with Crippen molar-refractivity contribution in [2.75, 3.05) is 25.2 Å². The van der Waals surface area contributed by atoms with Crippen molar-refractivity contribution in [3.8, 4) is 0 Å². The summed E-state index contributed by atoms with van der Waals surface area (Å²) in [4.78, 5) is 22.1. The van der Waals surface area contributed by atoms with E-state index in [4.69, 9.17) is 5.73 Å². The molecule has 0 heterocycles. The van der Waals surface area contributed by atoms with Crippen LogP contribution in [0.4, 0.5) is 0 Å². The van der Waals surface area contributed by atoms with Gasteiger partial charge in [-0.1, -0.05) is 0 Å². The Morgan fingerprint density at radius 1 is 1.53 bits per heavy atom. The zero-order valence-electron chi connectivity index (χ0n) is 8.75. The highest BCUT2D eigenvalue weighted by Gasteiger charge is 2.45. The van der Waals surface area contributed by atoms with E-state index in [-0.39, 0.29) is 11.9 Å². The van der Waals surface area contributed by atoms with Gasteiger partial charge in [-0.2, -0.15) is 0 Å². The summed E-state index contributed by atoms with van der Waals surface area (Å²) in [6.45, 7) is 0.541. The fourth-order valence-corrected chi connectivity index (χ4v) is 1.66. The van der Waals surface area contributed by atoms with Crippen molar-refractivity contribution in [3.63, 3.8) is 0 Å².